The first kappa shape index (κ1) is 15.5. The van der Waals surface area contributed by atoms with Crippen LogP contribution in [0.5, 0.6) is 0 Å². The highest BCUT2D eigenvalue weighted by Crippen LogP contribution is 2.17. The van der Waals surface area contributed by atoms with Gasteiger partial charge >= 0.3 is 0 Å². The maximum Gasteiger partial charge on any atom is 0.251 e. The zero-order chi connectivity index (χ0) is 14.1. The molecule has 0 radical (unpaired) electrons. The summed E-state index contributed by atoms with van der Waals surface area (Å²) in [5, 5.41) is 6.25. The maximum absolute atomic E-state index is 11.8. The maximum atomic E-state index is 11.8. The van der Waals surface area contributed by atoms with Crippen molar-refractivity contribution in [1.29, 1.82) is 0 Å². The quantitative estimate of drug-likeness (QED) is 0.701. The number of hydrogen-bond acceptors (Lipinski definition) is 2. The fourth-order valence-corrected chi connectivity index (χ4v) is 1.99. The van der Waals surface area contributed by atoms with Crippen LogP contribution in [0.4, 0.5) is 5.69 Å². The predicted molar refractivity (Wildman–Crippen MR) is 81.8 cm³/mol. The van der Waals surface area contributed by atoms with Gasteiger partial charge in [0.25, 0.3) is 5.91 Å². The molecule has 2 N–H and O–H groups in total. The number of amides is 1. The third kappa shape index (κ3) is 5.33. The lowest BCUT2D eigenvalue weighted by Gasteiger charge is -2.11. The van der Waals surface area contributed by atoms with Gasteiger partial charge in [0, 0.05) is 24.3 Å². The molecule has 0 atom stereocenters. The van der Waals surface area contributed by atoms with Gasteiger partial charge in [-0.05, 0) is 38.0 Å². The van der Waals surface area contributed by atoms with Gasteiger partial charge in [-0.1, -0.05) is 32.3 Å². The van der Waals surface area contributed by atoms with Crippen LogP contribution in [-0.4, -0.2) is 19.0 Å². The average molecular weight is 262 g/mol. The van der Waals surface area contributed by atoms with Crippen molar-refractivity contribution in [2.75, 3.05) is 18.4 Å². The normalized spacial score (nSPS) is 10.3. The summed E-state index contributed by atoms with van der Waals surface area (Å²) in [5.74, 6) is -0.00321. The molecular weight excluding hydrogens is 236 g/mol. The molecule has 0 bridgehead atoms. The van der Waals surface area contributed by atoms with Crippen molar-refractivity contribution in [3.8, 4) is 0 Å². The number of rotatable bonds is 8. The number of anilines is 1. The number of hydrogen-bond donors (Lipinski definition) is 2. The summed E-state index contributed by atoms with van der Waals surface area (Å²) in [6.45, 7) is 7.84. The van der Waals surface area contributed by atoms with Crippen LogP contribution in [0.3, 0.4) is 0 Å². The van der Waals surface area contributed by atoms with Crippen molar-refractivity contribution in [2.24, 2.45) is 0 Å². The molecule has 3 heteroatoms. The van der Waals surface area contributed by atoms with Gasteiger partial charge in [-0.25, -0.2) is 0 Å². The molecule has 19 heavy (non-hydrogen) atoms. The Morgan fingerprint density at radius 1 is 1.16 bits per heavy atom. The molecule has 0 saturated carbocycles. The molecule has 0 spiro atoms. The molecule has 0 fully saturated rings. The Hall–Kier alpha value is -1.51. The molecule has 0 aliphatic heterocycles. The topological polar surface area (TPSA) is 41.1 Å². The Labute approximate surface area is 116 Å². The number of benzene rings is 1. The standard InChI is InChI=1S/C16H26N2O/c1-4-6-7-8-11-18-15-12-14(10-9-13(15)3)16(19)17-5-2/h9-10,12,18H,4-8,11H2,1-3H3,(H,17,19). The molecule has 1 amide bonds. The van der Waals surface area contributed by atoms with Gasteiger partial charge in [0.15, 0.2) is 0 Å². The van der Waals surface area contributed by atoms with E-state index < -0.39 is 0 Å². The minimum Gasteiger partial charge on any atom is -0.385 e. The van der Waals surface area contributed by atoms with Crippen molar-refractivity contribution in [1.82, 2.24) is 5.32 Å². The summed E-state index contributed by atoms with van der Waals surface area (Å²) >= 11 is 0. The Bertz CT molecular complexity index is 402. The molecule has 0 heterocycles. The molecule has 0 aliphatic rings. The van der Waals surface area contributed by atoms with Crippen LogP contribution in [0, 0.1) is 6.92 Å². The summed E-state index contributed by atoms with van der Waals surface area (Å²) in [5.41, 5.74) is 2.98. The lowest BCUT2D eigenvalue weighted by molar-refractivity contribution is 0.0956. The van der Waals surface area contributed by atoms with E-state index in [2.05, 4.69) is 24.5 Å². The Morgan fingerprint density at radius 3 is 2.63 bits per heavy atom. The van der Waals surface area contributed by atoms with Gasteiger partial charge in [-0.2, -0.15) is 0 Å². The summed E-state index contributed by atoms with van der Waals surface area (Å²) in [6, 6.07) is 5.82. The number of carbonyl (C=O) groups excluding carboxylic acids is 1. The van der Waals surface area contributed by atoms with Crippen molar-refractivity contribution in [3.63, 3.8) is 0 Å². The Kier molecular flexibility index (Phi) is 7.01. The molecule has 0 aromatic heterocycles. The Morgan fingerprint density at radius 2 is 1.95 bits per heavy atom. The third-order valence-corrected chi connectivity index (χ3v) is 3.18. The zero-order valence-electron chi connectivity index (χ0n) is 12.4. The average Bonchev–Trinajstić information content (AvgIpc) is 2.40. The zero-order valence-corrected chi connectivity index (χ0v) is 12.4. The van der Waals surface area contributed by atoms with Gasteiger partial charge in [-0.15, -0.1) is 0 Å². The molecule has 1 aromatic carbocycles. The van der Waals surface area contributed by atoms with Crippen LogP contribution in [0.1, 0.15) is 55.5 Å². The largest absolute Gasteiger partial charge is 0.385 e. The number of carbonyl (C=O) groups is 1. The van der Waals surface area contributed by atoms with Crippen molar-refractivity contribution in [3.05, 3.63) is 29.3 Å². The van der Waals surface area contributed by atoms with Gasteiger partial charge in [0.1, 0.15) is 0 Å². The van der Waals surface area contributed by atoms with E-state index in [0.717, 1.165) is 17.8 Å². The fourth-order valence-electron chi connectivity index (χ4n) is 1.99. The monoisotopic (exact) mass is 262 g/mol. The lowest BCUT2D eigenvalue weighted by Crippen LogP contribution is -2.22. The van der Waals surface area contributed by atoms with E-state index in [9.17, 15) is 4.79 Å². The van der Waals surface area contributed by atoms with Crippen LogP contribution in [0.2, 0.25) is 0 Å². The van der Waals surface area contributed by atoms with E-state index in [0.29, 0.717) is 6.54 Å². The molecule has 1 aromatic rings. The van der Waals surface area contributed by atoms with Crippen LogP contribution < -0.4 is 10.6 Å². The van der Waals surface area contributed by atoms with Gasteiger partial charge in [-0.3, -0.25) is 4.79 Å². The van der Waals surface area contributed by atoms with E-state index in [1.807, 2.05) is 25.1 Å². The molecule has 106 valence electrons. The minimum absolute atomic E-state index is 0.00321. The van der Waals surface area contributed by atoms with E-state index in [1.165, 1.54) is 31.2 Å². The highest BCUT2D eigenvalue weighted by Gasteiger charge is 2.06. The predicted octanol–water partition coefficient (Wildman–Crippen LogP) is 3.74. The number of aryl methyl sites for hydroxylation is 1. The second kappa shape index (κ2) is 8.57. The molecule has 3 nitrogen and oxygen atoms in total. The van der Waals surface area contributed by atoms with Crippen LogP contribution in [0.25, 0.3) is 0 Å². The van der Waals surface area contributed by atoms with Gasteiger partial charge < -0.3 is 10.6 Å². The first-order valence-electron chi connectivity index (χ1n) is 7.31. The third-order valence-electron chi connectivity index (χ3n) is 3.18. The molecule has 1 rings (SSSR count). The molecule has 0 unspecified atom stereocenters. The highest BCUT2D eigenvalue weighted by atomic mass is 16.1. The van der Waals surface area contributed by atoms with E-state index in [-0.39, 0.29) is 5.91 Å². The van der Waals surface area contributed by atoms with Gasteiger partial charge in [0.05, 0.1) is 0 Å². The van der Waals surface area contributed by atoms with Gasteiger partial charge in [0.2, 0.25) is 0 Å². The number of unbranched alkanes of at least 4 members (excludes halogenated alkanes) is 3. The second-order valence-corrected chi connectivity index (χ2v) is 4.88. The smallest absolute Gasteiger partial charge is 0.251 e. The highest BCUT2D eigenvalue weighted by molar-refractivity contribution is 5.95. The van der Waals surface area contributed by atoms with Crippen LogP contribution in [0.15, 0.2) is 18.2 Å². The molecular formula is C16H26N2O. The van der Waals surface area contributed by atoms with E-state index in [1.54, 1.807) is 0 Å². The Balaban J connectivity index is 2.56. The van der Waals surface area contributed by atoms with Crippen LogP contribution in [-0.2, 0) is 0 Å². The van der Waals surface area contributed by atoms with E-state index in [4.69, 9.17) is 0 Å². The van der Waals surface area contributed by atoms with Crippen molar-refractivity contribution >= 4 is 11.6 Å². The number of nitrogens with one attached hydrogen (secondary N) is 2. The van der Waals surface area contributed by atoms with Crippen LogP contribution >= 0.6 is 0 Å². The second-order valence-electron chi connectivity index (χ2n) is 4.88. The minimum atomic E-state index is -0.00321. The summed E-state index contributed by atoms with van der Waals surface area (Å²) in [6.07, 6.45) is 4.99. The molecule has 0 saturated heterocycles. The first-order chi connectivity index (χ1) is 9.19. The SMILES string of the molecule is CCCCCCNc1cc(C(=O)NCC)ccc1C. The van der Waals surface area contributed by atoms with E-state index >= 15 is 0 Å². The fraction of sp³-hybridized carbons (Fsp3) is 0.562. The first-order valence-corrected chi connectivity index (χ1v) is 7.31. The van der Waals surface area contributed by atoms with Crippen molar-refractivity contribution in [2.45, 2.75) is 46.5 Å². The van der Waals surface area contributed by atoms with Crippen molar-refractivity contribution < 1.29 is 4.79 Å². The summed E-state index contributed by atoms with van der Waals surface area (Å²) in [4.78, 5) is 11.8. The lowest BCUT2D eigenvalue weighted by atomic mass is 10.1. The summed E-state index contributed by atoms with van der Waals surface area (Å²) < 4.78 is 0. The molecule has 0 aliphatic carbocycles. The summed E-state index contributed by atoms with van der Waals surface area (Å²) in [7, 11) is 0.